The topological polar surface area (TPSA) is 59.2 Å². The second-order valence-electron chi connectivity index (χ2n) is 5.85. The molecule has 3 heterocycles. The van der Waals surface area contributed by atoms with E-state index in [4.69, 9.17) is 5.73 Å². The zero-order chi connectivity index (χ0) is 15.1. The first-order valence-electron chi connectivity index (χ1n) is 7.50. The molecular weight excluding hydrogens is 282 g/mol. The molecule has 0 aromatic carbocycles. The van der Waals surface area contributed by atoms with E-state index in [-0.39, 0.29) is 5.91 Å². The predicted molar refractivity (Wildman–Crippen MR) is 87.7 cm³/mol. The van der Waals surface area contributed by atoms with Crippen molar-refractivity contribution in [1.82, 2.24) is 9.88 Å². The number of likely N-dealkylation sites (tertiary alicyclic amines) is 1. The highest BCUT2D eigenvalue weighted by atomic mass is 32.1. The molecule has 3 rings (SSSR count). The third-order valence-corrected chi connectivity index (χ3v) is 5.62. The van der Waals surface area contributed by atoms with E-state index in [0.717, 1.165) is 35.0 Å². The monoisotopic (exact) mass is 303 g/mol. The fourth-order valence-corrected chi connectivity index (χ4v) is 4.40. The van der Waals surface area contributed by atoms with Gasteiger partial charge in [-0.25, -0.2) is 4.98 Å². The summed E-state index contributed by atoms with van der Waals surface area (Å²) >= 11 is 1.42. The Balaban J connectivity index is 2.06. The fourth-order valence-electron chi connectivity index (χ4n) is 3.32. The molecule has 112 valence electrons. The number of carbonyl (C=O) groups is 1. The Bertz CT molecular complexity index is 694. The van der Waals surface area contributed by atoms with Crippen LogP contribution in [0.2, 0.25) is 0 Å². The molecule has 21 heavy (non-hydrogen) atoms. The summed E-state index contributed by atoms with van der Waals surface area (Å²) in [6.07, 6.45) is 4.94. The molecule has 2 aromatic heterocycles. The van der Waals surface area contributed by atoms with Crippen molar-refractivity contribution in [3.05, 3.63) is 22.7 Å². The number of nitrogens with two attached hydrogens (primary N) is 1. The summed E-state index contributed by atoms with van der Waals surface area (Å²) in [5.41, 5.74) is 7.94. The molecule has 5 heteroatoms. The molecule has 1 fully saturated rings. The highest BCUT2D eigenvalue weighted by Crippen LogP contribution is 2.37. The molecule has 1 aliphatic heterocycles. The van der Waals surface area contributed by atoms with Gasteiger partial charge in [0.25, 0.3) is 5.91 Å². The van der Waals surface area contributed by atoms with Crippen molar-refractivity contribution in [3.8, 4) is 0 Å². The van der Waals surface area contributed by atoms with E-state index in [9.17, 15) is 4.79 Å². The van der Waals surface area contributed by atoms with E-state index in [1.165, 1.54) is 11.3 Å². The highest BCUT2D eigenvalue weighted by molar-refractivity contribution is 7.21. The van der Waals surface area contributed by atoms with Gasteiger partial charge in [0.1, 0.15) is 9.71 Å². The molecule has 0 spiro atoms. The first-order valence-corrected chi connectivity index (χ1v) is 8.32. The number of fused-ring (bicyclic) bond motifs is 1. The van der Waals surface area contributed by atoms with Crippen LogP contribution in [0, 0.1) is 6.92 Å². The minimum Gasteiger partial charge on any atom is -0.397 e. The summed E-state index contributed by atoms with van der Waals surface area (Å²) < 4.78 is 0. The molecular formula is C16H21N3OS. The maximum Gasteiger partial charge on any atom is 0.266 e. The molecule has 2 atom stereocenters. The van der Waals surface area contributed by atoms with E-state index in [1.807, 2.05) is 17.9 Å². The molecule has 1 aliphatic rings. The van der Waals surface area contributed by atoms with Crippen molar-refractivity contribution in [3.63, 3.8) is 0 Å². The van der Waals surface area contributed by atoms with Crippen molar-refractivity contribution in [2.45, 2.75) is 52.1 Å². The van der Waals surface area contributed by atoms with Crippen molar-refractivity contribution >= 4 is 33.1 Å². The standard InChI is InChI=1S/C16H21N3OS/c1-4-11-6-5-10(3)19(11)16(20)14-13(17)12-9(2)7-8-18-15(12)21-14/h7-8,10-11H,4-6,17H2,1-3H3. The van der Waals surface area contributed by atoms with Crippen LogP contribution >= 0.6 is 11.3 Å². The number of carbonyl (C=O) groups excluding carboxylic acids is 1. The molecule has 0 radical (unpaired) electrons. The molecule has 2 aromatic rings. The summed E-state index contributed by atoms with van der Waals surface area (Å²) in [6, 6.07) is 2.57. The number of anilines is 1. The molecule has 0 saturated carbocycles. The van der Waals surface area contributed by atoms with Gasteiger partial charge in [-0.3, -0.25) is 4.79 Å². The number of nitrogens with zero attached hydrogens (tertiary/aromatic N) is 2. The van der Waals surface area contributed by atoms with Crippen molar-refractivity contribution < 1.29 is 4.79 Å². The molecule has 4 nitrogen and oxygen atoms in total. The lowest BCUT2D eigenvalue weighted by Gasteiger charge is -2.27. The summed E-state index contributed by atoms with van der Waals surface area (Å²) in [5, 5.41) is 0.936. The summed E-state index contributed by atoms with van der Waals surface area (Å²) in [4.78, 5) is 20.8. The maximum atomic E-state index is 13.0. The molecule has 1 amide bonds. The number of rotatable bonds is 2. The fraction of sp³-hybridized carbons (Fsp3) is 0.500. The largest absolute Gasteiger partial charge is 0.397 e. The minimum atomic E-state index is 0.0757. The zero-order valence-electron chi connectivity index (χ0n) is 12.7. The van der Waals surface area contributed by atoms with Gasteiger partial charge in [-0.2, -0.15) is 0 Å². The van der Waals surface area contributed by atoms with Crippen LogP contribution in [-0.2, 0) is 0 Å². The third kappa shape index (κ3) is 2.20. The molecule has 1 saturated heterocycles. The van der Waals surface area contributed by atoms with E-state index in [1.54, 1.807) is 6.20 Å². The Morgan fingerprint density at radius 2 is 2.29 bits per heavy atom. The van der Waals surface area contributed by atoms with Gasteiger partial charge in [-0.05, 0) is 44.7 Å². The Hall–Kier alpha value is -1.62. The molecule has 2 N–H and O–H groups in total. The minimum absolute atomic E-state index is 0.0757. The number of thiophene rings is 1. The van der Waals surface area contributed by atoms with E-state index in [2.05, 4.69) is 18.8 Å². The van der Waals surface area contributed by atoms with Crippen molar-refractivity contribution in [2.75, 3.05) is 5.73 Å². The SMILES string of the molecule is CCC1CCC(C)N1C(=O)c1sc2nccc(C)c2c1N. The van der Waals surface area contributed by atoms with Crippen LogP contribution < -0.4 is 5.73 Å². The van der Waals surface area contributed by atoms with Crippen LogP contribution in [0.1, 0.15) is 48.3 Å². The van der Waals surface area contributed by atoms with Crippen LogP contribution in [0.3, 0.4) is 0 Å². The highest BCUT2D eigenvalue weighted by Gasteiger charge is 2.35. The van der Waals surface area contributed by atoms with Gasteiger partial charge in [0, 0.05) is 23.7 Å². The maximum absolute atomic E-state index is 13.0. The van der Waals surface area contributed by atoms with Crippen LogP contribution in [0.25, 0.3) is 10.2 Å². The number of hydrogen-bond donors (Lipinski definition) is 1. The van der Waals surface area contributed by atoms with Crippen LogP contribution in [0.4, 0.5) is 5.69 Å². The molecule has 0 aliphatic carbocycles. The number of nitrogen functional groups attached to an aromatic ring is 1. The first kappa shape index (κ1) is 14.3. The quantitative estimate of drug-likeness (QED) is 0.922. The Morgan fingerprint density at radius 3 is 2.95 bits per heavy atom. The Labute approximate surface area is 129 Å². The van der Waals surface area contributed by atoms with Crippen LogP contribution in [0.5, 0.6) is 0 Å². The van der Waals surface area contributed by atoms with E-state index >= 15 is 0 Å². The number of pyridine rings is 1. The lowest BCUT2D eigenvalue weighted by atomic mass is 10.1. The lowest BCUT2D eigenvalue weighted by molar-refractivity contribution is 0.0682. The van der Waals surface area contributed by atoms with E-state index in [0.29, 0.717) is 22.6 Å². The molecule has 2 unspecified atom stereocenters. The zero-order valence-corrected chi connectivity index (χ0v) is 13.5. The second kappa shape index (κ2) is 5.30. The molecule has 0 bridgehead atoms. The summed E-state index contributed by atoms with van der Waals surface area (Å²) in [6.45, 7) is 6.28. The average molecular weight is 303 g/mol. The first-order chi connectivity index (χ1) is 10.0. The normalized spacial score (nSPS) is 22.1. The van der Waals surface area contributed by atoms with E-state index < -0.39 is 0 Å². The Kier molecular flexibility index (Phi) is 3.61. The van der Waals surface area contributed by atoms with Gasteiger partial charge in [0.05, 0.1) is 5.69 Å². The number of aromatic nitrogens is 1. The van der Waals surface area contributed by atoms with Gasteiger partial charge < -0.3 is 10.6 Å². The van der Waals surface area contributed by atoms with Crippen LogP contribution in [0.15, 0.2) is 12.3 Å². The number of amides is 1. The summed E-state index contributed by atoms with van der Waals surface area (Å²) in [5.74, 6) is 0.0757. The van der Waals surface area contributed by atoms with Gasteiger partial charge >= 0.3 is 0 Å². The van der Waals surface area contributed by atoms with Gasteiger partial charge in [0.15, 0.2) is 0 Å². The van der Waals surface area contributed by atoms with Gasteiger partial charge in [0.2, 0.25) is 0 Å². The predicted octanol–water partition coefficient (Wildman–Crippen LogP) is 3.59. The van der Waals surface area contributed by atoms with Crippen molar-refractivity contribution in [1.29, 1.82) is 0 Å². The number of aryl methyl sites for hydroxylation is 1. The van der Waals surface area contributed by atoms with Crippen molar-refractivity contribution in [2.24, 2.45) is 0 Å². The lowest BCUT2D eigenvalue weighted by Crippen LogP contribution is -2.39. The smallest absolute Gasteiger partial charge is 0.266 e. The van der Waals surface area contributed by atoms with Gasteiger partial charge in [-0.15, -0.1) is 11.3 Å². The van der Waals surface area contributed by atoms with Gasteiger partial charge in [-0.1, -0.05) is 6.92 Å². The Morgan fingerprint density at radius 1 is 1.52 bits per heavy atom. The average Bonchev–Trinajstić information content (AvgIpc) is 3.00. The third-order valence-electron chi connectivity index (χ3n) is 4.52. The van der Waals surface area contributed by atoms with Crippen LogP contribution in [-0.4, -0.2) is 27.9 Å². The summed E-state index contributed by atoms with van der Waals surface area (Å²) in [7, 11) is 0. The number of hydrogen-bond acceptors (Lipinski definition) is 4. The second-order valence-corrected chi connectivity index (χ2v) is 6.85.